The monoisotopic (exact) mass is 589 g/mol. The van der Waals surface area contributed by atoms with Crippen molar-refractivity contribution >= 4 is 21.6 Å². The number of imidazole rings is 1. The minimum absolute atomic E-state index is 0.398. The van der Waals surface area contributed by atoms with Gasteiger partial charge in [0, 0.05) is 40.5 Å². The van der Waals surface area contributed by atoms with E-state index in [2.05, 4.69) is 101 Å². The summed E-state index contributed by atoms with van der Waals surface area (Å²) in [6.45, 7) is 3.00. The highest BCUT2D eigenvalue weighted by Gasteiger charge is 2.24. The number of rotatable bonds is 6. The molecule has 7 nitrogen and oxygen atoms in total. The Morgan fingerprint density at radius 2 is 1.62 bits per heavy atom. The van der Waals surface area contributed by atoms with Crippen LogP contribution < -0.4 is 0 Å². The average molecular weight is 591 g/mol. The molecule has 1 fully saturated rings. The SMILES string of the molecule is Brc1ccc2nc(-c3ccc(CN4CCC(c5nc(-c6ccccn6)n[nH]5)CC4)cc3)c(-c3ccccc3)n2c1. The molecule has 0 bridgehead atoms. The van der Waals surface area contributed by atoms with E-state index in [1.165, 1.54) is 5.56 Å². The third kappa shape index (κ3) is 4.96. The van der Waals surface area contributed by atoms with Gasteiger partial charge < -0.3 is 0 Å². The molecule has 1 saturated heterocycles. The molecule has 4 aromatic heterocycles. The van der Waals surface area contributed by atoms with Crippen LogP contribution in [0.5, 0.6) is 0 Å². The van der Waals surface area contributed by atoms with Crippen LogP contribution in [0.1, 0.15) is 30.1 Å². The molecule has 5 heterocycles. The molecule has 1 aliphatic rings. The molecular weight excluding hydrogens is 562 g/mol. The van der Waals surface area contributed by atoms with Gasteiger partial charge in [-0.2, -0.15) is 5.10 Å². The van der Waals surface area contributed by atoms with Crippen LogP contribution in [0.4, 0.5) is 0 Å². The molecular formula is C32H28BrN7. The first-order chi connectivity index (χ1) is 19.7. The van der Waals surface area contributed by atoms with E-state index in [0.717, 1.165) is 76.6 Å². The highest BCUT2D eigenvalue weighted by Crippen LogP contribution is 2.34. The van der Waals surface area contributed by atoms with E-state index in [4.69, 9.17) is 9.97 Å². The molecule has 0 radical (unpaired) electrons. The van der Waals surface area contributed by atoms with Crippen molar-refractivity contribution in [3.63, 3.8) is 0 Å². The molecule has 8 heteroatoms. The van der Waals surface area contributed by atoms with Gasteiger partial charge in [-0.25, -0.2) is 9.97 Å². The Labute approximate surface area is 241 Å². The summed E-state index contributed by atoms with van der Waals surface area (Å²) < 4.78 is 3.19. The maximum absolute atomic E-state index is 5.02. The summed E-state index contributed by atoms with van der Waals surface area (Å²) in [7, 11) is 0. The van der Waals surface area contributed by atoms with Crippen molar-refractivity contribution in [1.29, 1.82) is 0 Å². The van der Waals surface area contributed by atoms with Crippen LogP contribution in [0.15, 0.2) is 102 Å². The normalized spacial score (nSPS) is 14.6. The van der Waals surface area contributed by atoms with Crippen molar-refractivity contribution in [2.75, 3.05) is 13.1 Å². The predicted octanol–water partition coefficient (Wildman–Crippen LogP) is 6.99. The van der Waals surface area contributed by atoms with Gasteiger partial charge in [0.15, 0.2) is 5.82 Å². The second-order valence-electron chi connectivity index (χ2n) is 10.3. The maximum Gasteiger partial charge on any atom is 0.199 e. The lowest BCUT2D eigenvalue weighted by atomic mass is 9.95. The second kappa shape index (κ2) is 10.8. The number of fused-ring (bicyclic) bond motifs is 1. The average Bonchev–Trinajstić information content (AvgIpc) is 3.65. The van der Waals surface area contributed by atoms with Crippen LogP contribution in [0.25, 0.3) is 39.7 Å². The van der Waals surface area contributed by atoms with Gasteiger partial charge in [0.05, 0.1) is 11.4 Å². The molecule has 0 amide bonds. The van der Waals surface area contributed by atoms with Gasteiger partial charge in [0.2, 0.25) is 0 Å². The third-order valence-corrected chi connectivity index (χ3v) is 8.10. The smallest absolute Gasteiger partial charge is 0.199 e. The summed E-state index contributed by atoms with van der Waals surface area (Å²) in [6, 6.07) is 29.3. The van der Waals surface area contributed by atoms with E-state index in [0.29, 0.717) is 11.7 Å². The highest BCUT2D eigenvalue weighted by molar-refractivity contribution is 9.10. The molecule has 0 atom stereocenters. The molecule has 198 valence electrons. The van der Waals surface area contributed by atoms with Crippen LogP contribution in [-0.2, 0) is 6.54 Å². The zero-order valence-corrected chi connectivity index (χ0v) is 23.5. The molecule has 0 saturated carbocycles. The van der Waals surface area contributed by atoms with Crippen LogP contribution in [0, 0.1) is 0 Å². The molecule has 7 rings (SSSR count). The van der Waals surface area contributed by atoms with Crippen LogP contribution in [-0.4, -0.2) is 47.5 Å². The fourth-order valence-corrected chi connectivity index (χ4v) is 5.89. The maximum atomic E-state index is 5.02. The van der Waals surface area contributed by atoms with E-state index in [1.54, 1.807) is 6.20 Å². The van der Waals surface area contributed by atoms with Crippen molar-refractivity contribution in [2.24, 2.45) is 0 Å². The van der Waals surface area contributed by atoms with E-state index in [1.807, 2.05) is 30.3 Å². The van der Waals surface area contributed by atoms with E-state index in [9.17, 15) is 0 Å². The Morgan fingerprint density at radius 3 is 2.40 bits per heavy atom. The lowest BCUT2D eigenvalue weighted by molar-refractivity contribution is 0.202. The summed E-state index contributed by atoms with van der Waals surface area (Å²) in [5, 5.41) is 7.56. The summed E-state index contributed by atoms with van der Waals surface area (Å²) in [4.78, 5) is 16.7. The first-order valence-electron chi connectivity index (χ1n) is 13.6. The molecule has 0 spiro atoms. The number of nitrogens with zero attached hydrogens (tertiary/aromatic N) is 6. The summed E-state index contributed by atoms with van der Waals surface area (Å²) in [5.41, 5.74) is 7.41. The number of likely N-dealkylation sites (tertiary alicyclic amines) is 1. The number of piperidine rings is 1. The van der Waals surface area contributed by atoms with E-state index >= 15 is 0 Å². The van der Waals surface area contributed by atoms with E-state index < -0.39 is 0 Å². The van der Waals surface area contributed by atoms with Crippen molar-refractivity contribution in [3.8, 4) is 34.0 Å². The van der Waals surface area contributed by atoms with Gasteiger partial charge in [-0.05, 0) is 71.7 Å². The molecule has 0 aliphatic carbocycles. The summed E-state index contributed by atoms with van der Waals surface area (Å²) in [6.07, 6.45) is 5.98. The van der Waals surface area contributed by atoms with Gasteiger partial charge in [0.1, 0.15) is 17.2 Å². The number of aromatic nitrogens is 6. The van der Waals surface area contributed by atoms with Gasteiger partial charge in [-0.1, -0.05) is 60.7 Å². The van der Waals surface area contributed by atoms with Crippen molar-refractivity contribution < 1.29 is 0 Å². The lowest BCUT2D eigenvalue weighted by Gasteiger charge is -2.30. The Balaban J connectivity index is 1.05. The number of hydrogen-bond acceptors (Lipinski definition) is 5. The van der Waals surface area contributed by atoms with Gasteiger partial charge in [0.25, 0.3) is 0 Å². The number of H-pyrrole nitrogens is 1. The fourth-order valence-electron chi connectivity index (χ4n) is 5.55. The first kappa shape index (κ1) is 24.9. The van der Waals surface area contributed by atoms with Gasteiger partial charge in [-0.3, -0.25) is 19.4 Å². The molecule has 0 unspecified atom stereocenters. The predicted molar refractivity (Wildman–Crippen MR) is 161 cm³/mol. The highest BCUT2D eigenvalue weighted by atomic mass is 79.9. The molecule has 6 aromatic rings. The van der Waals surface area contributed by atoms with Crippen LogP contribution in [0.2, 0.25) is 0 Å². The van der Waals surface area contributed by atoms with Crippen molar-refractivity contribution in [2.45, 2.75) is 25.3 Å². The standard InChI is InChI=1S/C32H28BrN7/c33-26-13-14-28-35-29(30(40(28)21-26)24-6-2-1-3-7-24)23-11-9-22(10-12-23)20-39-18-15-25(16-19-39)31-36-32(38-37-31)27-8-4-5-17-34-27/h1-14,17,21,25H,15-16,18-20H2,(H,36,37,38). The van der Waals surface area contributed by atoms with Crippen LogP contribution >= 0.6 is 15.9 Å². The Hall–Kier alpha value is -4.14. The second-order valence-corrected chi connectivity index (χ2v) is 11.2. The number of hydrogen-bond donors (Lipinski definition) is 1. The quantitative estimate of drug-likeness (QED) is 0.226. The van der Waals surface area contributed by atoms with Gasteiger partial charge >= 0.3 is 0 Å². The lowest BCUT2D eigenvalue weighted by Crippen LogP contribution is -2.32. The van der Waals surface area contributed by atoms with Crippen LogP contribution in [0.3, 0.4) is 0 Å². The minimum atomic E-state index is 0.398. The zero-order chi connectivity index (χ0) is 26.9. The number of halogens is 1. The first-order valence-corrected chi connectivity index (χ1v) is 14.4. The number of benzene rings is 2. The largest absolute Gasteiger partial charge is 0.299 e. The van der Waals surface area contributed by atoms with Crippen molar-refractivity contribution in [1.82, 2.24) is 34.4 Å². The van der Waals surface area contributed by atoms with Gasteiger partial charge in [-0.15, -0.1) is 0 Å². The molecule has 1 N–H and O–H groups in total. The Bertz CT molecular complexity index is 1740. The summed E-state index contributed by atoms with van der Waals surface area (Å²) >= 11 is 3.62. The summed E-state index contributed by atoms with van der Waals surface area (Å²) in [5.74, 6) is 2.04. The topological polar surface area (TPSA) is 75.0 Å². The zero-order valence-electron chi connectivity index (χ0n) is 21.9. The number of nitrogens with one attached hydrogen (secondary N) is 1. The minimum Gasteiger partial charge on any atom is -0.299 e. The number of pyridine rings is 2. The molecule has 40 heavy (non-hydrogen) atoms. The third-order valence-electron chi connectivity index (χ3n) is 7.63. The Kier molecular flexibility index (Phi) is 6.71. The van der Waals surface area contributed by atoms with E-state index in [-0.39, 0.29) is 0 Å². The van der Waals surface area contributed by atoms with Crippen molar-refractivity contribution in [3.05, 3.63) is 113 Å². The molecule has 2 aromatic carbocycles. The number of aromatic amines is 1. The fraction of sp³-hybridized carbons (Fsp3) is 0.188. The molecule has 1 aliphatic heterocycles. The Morgan fingerprint density at radius 1 is 0.825 bits per heavy atom.